The van der Waals surface area contributed by atoms with Crippen LogP contribution in [0, 0.1) is 10.1 Å². The highest BCUT2D eigenvalue weighted by Gasteiger charge is 2.12. The molecule has 0 aliphatic heterocycles. The average Bonchev–Trinajstić information content (AvgIpc) is 2.27. The summed E-state index contributed by atoms with van der Waals surface area (Å²) in [6, 6.07) is 5.02. The molecule has 0 aromatic heterocycles. The van der Waals surface area contributed by atoms with Gasteiger partial charge in [0.05, 0.1) is 4.92 Å². The van der Waals surface area contributed by atoms with E-state index >= 15 is 0 Å². The summed E-state index contributed by atoms with van der Waals surface area (Å²) >= 11 is 0. The first-order valence-electron chi connectivity index (χ1n) is 5.00. The van der Waals surface area contributed by atoms with E-state index in [1.165, 1.54) is 0 Å². The fourth-order valence-electron chi connectivity index (χ4n) is 1.57. The zero-order valence-electron chi connectivity index (χ0n) is 9.06. The summed E-state index contributed by atoms with van der Waals surface area (Å²) in [5.41, 5.74) is 2.30. The number of benzene rings is 1. The van der Waals surface area contributed by atoms with Crippen LogP contribution in [-0.4, -0.2) is 4.92 Å². The Bertz CT molecular complexity index is 385. The lowest BCUT2D eigenvalue weighted by Crippen LogP contribution is -1.98. The van der Waals surface area contributed by atoms with Crippen LogP contribution in [0.15, 0.2) is 30.9 Å². The molecule has 0 amide bonds. The Hall–Kier alpha value is -1.64. The van der Waals surface area contributed by atoms with E-state index in [1.54, 1.807) is 18.2 Å². The maximum Gasteiger partial charge on any atom is 0.269 e. The summed E-state index contributed by atoms with van der Waals surface area (Å²) in [5.74, 6) is 0.153. The molecule has 0 radical (unpaired) electrons. The lowest BCUT2D eigenvalue weighted by molar-refractivity contribution is -0.384. The third-order valence-corrected chi connectivity index (χ3v) is 2.57. The van der Waals surface area contributed by atoms with Gasteiger partial charge in [-0.25, -0.2) is 0 Å². The van der Waals surface area contributed by atoms with Gasteiger partial charge >= 0.3 is 0 Å². The van der Waals surface area contributed by atoms with Crippen molar-refractivity contribution < 1.29 is 4.92 Å². The van der Waals surface area contributed by atoms with Crippen LogP contribution in [0.1, 0.15) is 30.9 Å². The fraction of sp³-hybridized carbons (Fsp3) is 0.333. The van der Waals surface area contributed by atoms with Gasteiger partial charge in [0.1, 0.15) is 0 Å². The monoisotopic (exact) mass is 205 g/mol. The summed E-state index contributed by atoms with van der Waals surface area (Å²) in [5, 5.41) is 10.6. The molecule has 0 aliphatic carbocycles. The number of nitrogens with zero attached hydrogens (tertiary/aromatic N) is 1. The van der Waals surface area contributed by atoms with Crippen LogP contribution in [0.25, 0.3) is 0 Å². The number of rotatable bonds is 4. The second-order valence-corrected chi connectivity index (χ2v) is 3.52. The first kappa shape index (κ1) is 11.4. The van der Waals surface area contributed by atoms with Crippen LogP contribution in [0.2, 0.25) is 0 Å². The van der Waals surface area contributed by atoms with Crippen molar-refractivity contribution in [3.8, 4) is 0 Å². The Kier molecular flexibility index (Phi) is 3.61. The van der Waals surface area contributed by atoms with Gasteiger partial charge in [-0.15, -0.1) is 6.58 Å². The number of hydrogen-bond acceptors (Lipinski definition) is 2. The van der Waals surface area contributed by atoms with Gasteiger partial charge in [-0.2, -0.15) is 0 Å². The molecular weight excluding hydrogens is 190 g/mol. The molecule has 0 bridgehead atoms. The van der Waals surface area contributed by atoms with Crippen molar-refractivity contribution in [1.82, 2.24) is 0 Å². The van der Waals surface area contributed by atoms with Crippen LogP contribution in [-0.2, 0) is 6.42 Å². The van der Waals surface area contributed by atoms with Crippen LogP contribution in [0.4, 0.5) is 5.69 Å². The van der Waals surface area contributed by atoms with Crippen LogP contribution in [0.5, 0.6) is 0 Å². The summed E-state index contributed by atoms with van der Waals surface area (Å²) in [6.45, 7) is 7.75. The Balaban J connectivity index is 3.24. The van der Waals surface area contributed by atoms with E-state index in [4.69, 9.17) is 0 Å². The number of aryl methyl sites for hydroxylation is 1. The van der Waals surface area contributed by atoms with Crippen molar-refractivity contribution in [2.75, 3.05) is 0 Å². The molecule has 1 aromatic rings. The minimum absolute atomic E-state index is 0.149. The van der Waals surface area contributed by atoms with Crippen molar-refractivity contribution >= 4 is 5.69 Å². The average molecular weight is 205 g/mol. The van der Waals surface area contributed by atoms with E-state index in [0.29, 0.717) is 0 Å². The van der Waals surface area contributed by atoms with Crippen LogP contribution >= 0.6 is 0 Å². The quantitative estimate of drug-likeness (QED) is 0.429. The molecule has 15 heavy (non-hydrogen) atoms. The van der Waals surface area contributed by atoms with E-state index in [1.807, 2.05) is 19.9 Å². The minimum atomic E-state index is -0.362. The lowest BCUT2D eigenvalue weighted by atomic mass is 9.94. The van der Waals surface area contributed by atoms with Crippen LogP contribution in [0.3, 0.4) is 0 Å². The molecule has 0 saturated carbocycles. The van der Waals surface area contributed by atoms with Gasteiger partial charge in [0.2, 0.25) is 0 Å². The Morgan fingerprint density at radius 1 is 1.60 bits per heavy atom. The number of allylic oxidation sites excluding steroid dienone is 1. The Morgan fingerprint density at radius 3 is 2.73 bits per heavy atom. The van der Waals surface area contributed by atoms with E-state index < -0.39 is 0 Å². The molecule has 3 nitrogen and oxygen atoms in total. The highest BCUT2D eigenvalue weighted by molar-refractivity contribution is 5.42. The molecule has 0 spiro atoms. The maximum absolute atomic E-state index is 10.6. The molecule has 1 unspecified atom stereocenters. The predicted octanol–water partition coefficient (Wildman–Crippen LogP) is 3.45. The molecular formula is C12H15NO2. The highest BCUT2D eigenvalue weighted by Crippen LogP contribution is 2.25. The minimum Gasteiger partial charge on any atom is -0.258 e. The van der Waals surface area contributed by atoms with E-state index in [2.05, 4.69) is 6.58 Å². The molecule has 1 atom stereocenters. The van der Waals surface area contributed by atoms with Crippen molar-refractivity contribution in [2.45, 2.75) is 26.2 Å². The predicted molar refractivity (Wildman–Crippen MR) is 61.1 cm³/mol. The second-order valence-electron chi connectivity index (χ2n) is 3.52. The lowest BCUT2D eigenvalue weighted by Gasteiger charge is -2.11. The van der Waals surface area contributed by atoms with Gasteiger partial charge in [-0.05, 0) is 23.5 Å². The number of non-ortho nitro benzene ring substituents is 1. The molecule has 0 heterocycles. The van der Waals surface area contributed by atoms with Gasteiger partial charge in [-0.3, -0.25) is 10.1 Å². The van der Waals surface area contributed by atoms with Gasteiger partial charge in [0, 0.05) is 12.1 Å². The van der Waals surface area contributed by atoms with E-state index in [0.717, 1.165) is 17.5 Å². The summed E-state index contributed by atoms with van der Waals surface area (Å²) < 4.78 is 0. The SMILES string of the molecule is C=CC(C)c1cc([N+](=O)[O-])ccc1CC. The van der Waals surface area contributed by atoms with Gasteiger partial charge in [0.25, 0.3) is 5.69 Å². The molecule has 1 rings (SSSR count). The van der Waals surface area contributed by atoms with E-state index in [9.17, 15) is 10.1 Å². The zero-order valence-corrected chi connectivity index (χ0v) is 9.06. The van der Waals surface area contributed by atoms with Crippen molar-refractivity contribution in [2.24, 2.45) is 0 Å². The zero-order chi connectivity index (χ0) is 11.4. The van der Waals surface area contributed by atoms with Gasteiger partial charge in [-0.1, -0.05) is 26.0 Å². The second kappa shape index (κ2) is 4.73. The summed E-state index contributed by atoms with van der Waals surface area (Å²) in [4.78, 5) is 10.3. The highest BCUT2D eigenvalue weighted by atomic mass is 16.6. The molecule has 0 saturated heterocycles. The number of hydrogen-bond donors (Lipinski definition) is 0. The summed E-state index contributed by atoms with van der Waals surface area (Å²) in [7, 11) is 0. The third-order valence-electron chi connectivity index (χ3n) is 2.57. The standard InChI is InChI=1S/C12H15NO2/c1-4-9(3)12-8-11(13(14)15)7-6-10(12)5-2/h4,6-9H,1,5H2,2-3H3. The largest absolute Gasteiger partial charge is 0.269 e. The Labute approximate surface area is 89.6 Å². The fourth-order valence-corrected chi connectivity index (χ4v) is 1.57. The van der Waals surface area contributed by atoms with Crippen molar-refractivity contribution in [3.63, 3.8) is 0 Å². The van der Waals surface area contributed by atoms with E-state index in [-0.39, 0.29) is 16.5 Å². The summed E-state index contributed by atoms with van der Waals surface area (Å²) in [6.07, 6.45) is 2.68. The van der Waals surface area contributed by atoms with Crippen molar-refractivity contribution in [3.05, 3.63) is 52.1 Å². The number of nitro benzene ring substituents is 1. The molecule has 1 aromatic carbocycles. The first-order valence-corrected chi connectivity index (χ1v) is 5.00. The molecule has 0 aliphatic rings. The molecule has 0 fully saturated rings. The first-order chi connectivity index (χ1) is 7.10. The Morgan fingerprint density at radius 2 is 2.27 bits per heavy atom. The van der Waals surface area contributed by atoms with Crippen molar-refractivity contribution in [1.29, 1.82) is 0 Å². The molecule has 0 N–H and O–H groups in total. The van der Waals surface area contributed by atoms with Gasteiger partial charge < -0.3 is 0 Å². The smallest absolute Gasteiger partial charge is 0.258 e. The maximum atomic E-state index is 10.6. The van der Waals surface area contributed by atoms with Gasteiger partial charge in [0.15, 0.2) is 0 Å². The topological polar surface area (TPSA) is 43.1 Å². The third kappa shape index (κ3) is 2.43. The number of nitro groups is 1. The van der Waals surface area contributed by atoms with Crippen LogP contribution < -0.4 is 0 Å². The molecule has 3 heteroatoms. The normalized spacial score (nSPS) is 12.1. The molecule has 80 valence electrons.